The Bertz CT molecular complexity index is 858. The standard InChI is InChI=1S/C28H41N3O3.ClH/c1-5-18-31(19-6-2)28(33)26(29-27(32)24-12-10-9-11-13-24)22-23-14-16-25(17-15-23)34-21-20-30(7-3)8-4;/h9-17,26H,5-8,18-22H2,1-4H3,(H,29,32);1H. The minimum atomic E-state index is -0.625. The summed E-state index contributed by atoms with van der Waals surface area (Å²) in [6.07, 6.45) is 2.19. The van der Waals surface area contributed by atoms with Gasteiger partial charge in [-0.1, -0.05) is 58.0 Å². The second-order valence-corrected chi connectivity index (χ2v) is 8.44. The first-order chi connectivity index (χ1) is 16.5. The minimum Gasteiger partial charge on any atom is -1.00 e. The van der Waals surface area contributed by atoms with E-state index in [0.717, 1.165) is 43.8 Å². The Morgan fingerprint density at radius 3 is 2.03 bits per heavy atom. The second kappa shape index (κ2) is 17.0. The molecule has 2 amide bonds. The average Bonchev–Trinajstić information content (AvgIpc) is 2.87. The lowest BCUT2D eigenvalue weighted by atomic mass is 10.0. The first-order valence-electron chi connectivity index (χ1n) is 12.6. The van der Waals surface area contributed by atoms with Crippen molar-refractivity contribution >= 4 is 11.8 Å². The van der Waals surface area contributed by atoms with E-state index in [-0.39, 0.29) is 25.6 Å². The maximum absolute atomic E-state index is 13.4. The number of halogens is 1. The fourth-order valence-corrected chi connectivity index (χ4v) is 3.91. The number of nitrogens with zero attached hydrogens (tertiary/aromatic N) is 2. The zero-order valence-corrected chi connectivity index (χ0v) is 22.4. The van der Waals surface area contributed by atoms with Crippen LogP contribution in [0.3, 0.4) is 0 Å². The molecule has 0 spiro atoms. The summed E-state index contributed by atoms with van der Waals surface area (Å²) in [6, 6.07) is 16.2. The number of carbonyl (C=O) groups is 2. The molecule has 2 rings (SSSR count). The van der Waals surface area contributed by atoms with Crippen LogP contribution in [0.1, 0.15) is 57.9 Å². The van der Waals surface area contributed by atoms with E-state index in [9.17, 15) is 9.59 Å². The molecule has 0 saturated carbocycles. The summed E-state index contributed by atoms with van der Waals surface area (Å²) in [4.78, 5) is 30.4. The Balaban J connectivity index is 0.00000612. The molecule has 0 bridgehead atoms. The predicted molar refractivity (Wildman–Crippen MR) is 139 cm³/mol. The van der Waals surface area contributed by atoms with Crippen molar-refractivity contribution in [3.05, 3.63) is 65.7 Å². The third kappa shape index (κ3) is 10.3. The molecule has 0 aromatic heterocycles. The minimum absolute atomic E-state index is 0. The predicted octanol–water partition coefficient (Wildman–Crippen LogP) is 1.51. The lowest BCUT2D eigenvalue weighted by Crippen LogP contribution is -3.00. The van der Waals surface area contributed by atoms with Crippen LogP contribution in [0.2, 0.25) is 0 Å². The molecule has 6 nitrogen and oxygen atoms in total. The molecule has 1 atom stereocenters. The number of ether oxygens (including phenoxy) is 1. The van der Waals surface area contributed by atoms with Gasteiger partial charge in [-0.15, -0.1) is 0 Å². The Kier molecular flexibility index (Phi) is 14.8. The van der Waals surface area contributed by atoms with Crippen LogP contribution in [-0.2, 0) is 11.2 Å². The highest BCUT2D eigenvalue weighted by Crippen LogP contribution is 2.15. The lowest BCUT2D eigenvalue weighted by molar-refractivity contribution is -0.133. The highest BCUT2D eigenvalue weighted by molar-refractivity contribution is 5.97. The number of hydrogen-bond donors (Lipinski definition) is 1. The monoisotopic (exact) mass is 503 g/mol. The van der Waals surface area contributed by atoms with Crippen molar-refractivity contribution in [3.8, 4) is 5.75 Å². The summed E-state index contributed by atoms with van der Waals surface area (Å²) in [7, 11) is 0. The van der Waals surface area contributed by atoms with Crippen molar-refractivity contribution in [3.63, 3.8) is 0 Å². The third-order valence-corrected chi connectivity index (χ3v) is 5.87. The molecule has 2 aromatic rings. The number of benzene rings is 2. The molecule has 0 aliphatic rings. The van der Waals surface area contributed by atoms with Gasteiger partial charge in [0.05, 0.1) is 0 Å². The number of hydrogen-bond acceptors (Lipinski definition) is 4. The molecular formula is C28H42ClN3O3. The van der Waals surface area contributed by atoms with E-state index in [1.807, 2.05) is 47.4 Å². The van der Waals surface area contributed by atoms with Crippen molar-refractivity contribution in [1.29, 1.82) is 0 Å². The van der Waals surface area contributed by atoms with Gasteiger partial charge in [0.25, 0.3) is 5.91 Å². The summed E-state index contributed by atoms with van der Waals surface area (Å²) in [6.45, 7) is 13.3. The van der Waals surface area contributed by atoms with E-state index in [4.69, 9.17) is 4.74 Å². The van der Waals surface area contributed by atoms with Gasteiger partial charge >= 0.3 is 1.43 Å². The molecule has 0 radical (unpaired) electrons. The van der Waals surface area contributed by atoms with Crippen LogP contribution in [0, 0.1) is 0 Å². The fraction of sp³-hybridized carbons (Fsp3) is 0.500. The molecule has 35 heavy (non-hydrogen) atoms. The Morgan fingerprint density at radius 1 is 0.886 bits per heavy atom. The molecule has 2 aromatic carbocycles. The zero-order chi connectivity index (χ0) is 24.8. The van der Waals surface area contributed by atoms with E-state index in [2.05, 4.69) is 37.9 Å². The number of nitrogens with one attached hydrogen (secondary N) is 1. The van der Waals surface area contributed by atoms with Gasteiger partial charge < -0.3 is 32.3 Å². The van der Waals surface area contributed by atoms with Crippen molar-refractivity contribution in [2.24, 2.45) is 0 Å². The fourth-order valence-electron chi connectivity index (χ4n) is 3.91. The first-order valence-corrected chi connectivity index (χ1v) is 12.6. The number of likely N-dealkylation sites (N-methyl/N-ethyl adjacent to an activating group) is 1. The zero-order valence-electron chi connectivity index (χ0n) is 22.6. The first kappa shape index (κ1) is 30.5. The summed E-state index contributed by atoms with van der Waals surface area (Å²) in [5, 5.41) is 2.99. The topological polar surface area (TPSA) is 61.9 Å². The van der Waals surface area contributed by atoms with Gasteiger partial charge in [0.1, 0.15) is 18.4 Å². The number of rotatable bonds is 15. The molecule has 7 heteroatoms. The lowest BCUT2D eigenvalue weighted by Gasteiger charge is -2.27. The van der Waals surface area contributed by atoms with E-state index in [1.165, 1.54) is 0 Å². The van der Waals surface area contributed by atoms with Gasteiger partial charge in [-0.25, -0.2) is 0 Å². The molecule has 1 N–H and O–H groups in total. The van der Waals surface area contributed by atoms with Gasteiger partial charge in [0.2, 0.25) is 5.91 Å². The summed E-state index contributed by atoms with van der Waals surface area (Å²) >= 11 is 0. The molecule has 0 aliphatic carbocycles. The number of carbonyl (C=O) groups excluding carboxylic acids is 2. The Labute approximate surface area is 218 Å². The molecule has 0 saturated heterocycles. The van der Waals surface area contributed by atoms with Gasteiger partial charge in [-0.3, -0.25) is 9.59 Å². The van der Waals surface area contributed by atoms with E-state index >= 15 is 0 Å². The van der Waals surface area contributed by atoms with Crippen molar-refractivity contribution < 1.29 is 28.2 Å². The second-order valence-electron chi connectivity index (χ2n) is 8.44. The van der Waals surface area contributed by atoms with Crippen LogP contribution in [0.25, 0.3) is 0 Å². The molecule has 0 fully saturated rings. The van der Waals surface area contributed by atoms with Gasteiger partial charge in [-0.05, 0) is 55.8 Å². The maximum Gasteiger partial charge on any atom is 1.00 e. The molecule has 0 heterocycles. The summed E-state index contributed by atoms with van der Waals surface area (Å²) in [5.41, 5.74) is 1.53. The smallest absolute Gasteiger partial charge is 1.00 e. The summed E-state index contributed by atoms with van der Waals surface area (Å²) in [5.74, 6) is 0.543. The molecule has 194 valence electrons. The van der Waals surface area contributed by atoms with Gasteiger partial charge in [0, 0.05) is 31.6 Å². The van der Waals surface area contributed by atoms with Crippen LogP contribution < -0.4 is 22.5 Å². The van der Waals surface area contributed by atoms with E-state index in [0.29, 0.717) is 31.7 Å². The molecule has 1 unspecified atom stereocenters. The van der Waals surface area contributed by atoms with Crippen LogP contribution in [0.5, 0.6) is 5.75 Å². The largest absolute Gasteiger partial charge is 1.00 e. The highest BCUT2D eigenvalue weighted by Gasteiger charge is 2.26. The van der Waals surface area contributed by atoms with Crippen molar-refractivity contribution in [1.82, 2.24) is 15.1 Å². The summed E-state index contributed by atoms with van der Waals surface area (Å²) < 4.78 is 5.89. The molecular weight excluding hydrogens is 462 g/mol. The average molecular weight is 504 g/mol. The van der Waals surface area contributed by atoms with Crippen LogP contribution >= 0.6 is 0 Å². The van der Waals surface area contributed by atoms with E-state index < -0.39 is 6.04 Å². The molecule has 0 aliphatic heterocycles. The van der Waals surface area contributed by atoms with Crippen LogP contribution in [-0.4, -0.2) is 67.0 Å². The van der Waals surface area contributed by atoms with E-state index in [1.54, 1.807) is 12.1 Å². The normalized spacial score (nSPS) is 11.5. The van der Waals surface area contributed by atoms with Gasteiger partial charge in [-0.2, -0.15) is 0 Å². The van der Waals surface area contributed by atoms with Crippen molar-refractivity contribution in [2.75, 3.05) is 39.3 Å². The number of amides is 2. The Hall–Kier alpha value is -2.57. The third-order valence-electron chi connectivity index (χ3n) is 5.87. The highest BCUT2D eigenvalue weighted by atomic mass is 35.5. The SMILES string of the molecule is CCCN(CCC)C(=O)C(Cc1ccc(OCCN(CC)CC)cc1)NC(=O)c1ccccc1.[Cl-].[H+]. The quantitative estimate of drug-likeness (QED) is 0.400. The van der Waals surface area contributed by atoms with Gasteiger partial charge in [0.15, 0.2) is 0 Å². The van der Waals surface area contributed by atoms with Crippen molar-refractivity contribution in [2.45, 2.75) is 53.0 Å². The maximum atomic E-state index is 13.4. The van der Waals surface area contributed by atoms with Crippen LogP contribution in [0.15, 0.2) is 54.6 Å². The Morgan fingerprint density at radius 2 is 1.49 bits per heavy atom. The van der Waals surface area contributed by atoms with Crippen LogP contribution in [0.4, 0.5) is 0 Å².